The van der Waals surface area contributed by atoms with Crippen LogP contribution in [0.2, 0.25) is 0 Å². The Kier molecular flexibility index (Phi) is 22.2. The van der Waals surface area contributed by atoms with E-state index in [0.29, 0.717) is 11.8 Å². The van der Waals surface area contributed by atoms with Gasteiger partial charge in [-0.2, -0.15) is 0 Å². The SMILES string of the molecule is CC.CC.CC1=CC=C(C(C)C(C)C)C1.C[CH-]C1=CC=C(C)C1.[CH3-].[CH3-].[Y+3].c1ccc2c(c1)C1CCC2c2ccccc21. The number of allylic oxidation sites excluding steroid dienone is 8. The van der Waals surface area contributed by atoms with Crippen molar-refractivity contribution in [1.29, 1.82) is 0 Å². The molecule has 42 heavy (non-hydrogen) atoms. The van der Waals surface area contributed by atoms with E-state index in [1.54, 1.807) is 27.8 Å². The molecule has 2 aromatic rings. The molecule has 7 rings (SSSR count). The van der Waals surface area contributed by atoms with Crippen molar-refractivity contribution in [3.63, 3.8) is 0 Å². The van der Waals surface area contributed by atoms with Crippen LogP contribution in [0.15, 0.2) is 95.1 Å². The minimum Gasteiger partial charge on any atom is -0.358 e. The molecule has 0 nitrogen and oxygen atoms in total. The van der Waals surface area contributed by atoms with Crippen molar-refractivity contribution in [2.24, 2.45) is 11.8 Å². The quantitative estimate of drug-likeness (QED) is 0.292. The molecular weight excluding hydrogens is 581 g/mol. The first-order valence-electron chi connectivity index (χ1n) is 15.6. The van der Waals surface area contributed by atoms with E-state index in [1.807, 2.05) is 27.7 Å². The number of benzene rings is 2. The molecule has 0 fully saturated rings. The molecule has 1 heteroatoms. The molecular formula is C41H61Y. The van der Waals surface area contributed by atoms with Crippen molar-refractivity contribution in [1.82, 2.24) is 0 Å². The molecule has 2 bridgehead atoms. The van der Waals surface area contributed by atoms with Gasteiger partial charge in [0.25, 0.3) is 0 Å². The Morgan fingerprint density at radius 3 is 1.26 bits per heavy atom. The summed E-state index contributed by atoms with van der Waals surface area (Å²) in [5.41, 5.74) is 12.4. The topological polar surface area (TPSA) is 0 Å². The zero-order chi connectivity index (χ0) is 28.9. The van der Waals surface area contributed by atoms with Crippen LogP contribution < -0.4 is 0 Å². The van der Waals surface area contributed by atoms with E-state index in [2.05, 4.69) is 121 Å². The third-order valence-electron chi connectivity index (χ3n) is 8.32. The van der Waals surface area contributed by atoms with Crippen LogP contribution in [0.5, 0.6) is 0 Å². The van der Waals surface area contributed by atoms with Crippen molar-refractivity contribution in [2.75, 3.05) is 0 Å². The zero-order valence-electron chi connectivity index (χ0n) is 29.2. The first kappa shape index (κ1) is 42.5. The Labute approximate surface area is 288 Å². The van der Waals surface area contributed by atoms with Crippen LogP contribution in [0.25, 0.3) is 0 Å². The summed E-state index contributed by atoms with van der Waals surface area (Å²) in [5.74, 6) is 2.86. The minimum atomic E-state index is 0. The molecule has 228 valence electrons. The van der Waals surface area contributed by atoms with Gasteiger partial charge in [0.2, 0.25) is 0 Å². The molecule has 0 N–H and O–H groups in total. The second-order valence-electron chi connectivity index (χ2n) is 11.1. The summed E-state index contributed by atoms with van der Waals surface area (Å²) in [7, 11) is 0. The summed E-state index contributed by atoms with van der Waals surface area (Å²) in [5, 5.41) is 0. The molecule has 5 aliphatic carbocycles. The predicted molar refractivity (Wildman–Crippen MR) is 188 cm³/mol. The van der Waals surface area contributed by atoms with E-state index < -0.39 is 0 Å². The second-order valence-corrected chi connectivity index (χ2v) is 11.1. The Bertz CT molecular complexity index is 1060. The molecule has 1 unspecified atom stereocenters. The predicted octanol–water partition coefficient (Wildman–Crippen LogP) is 13.0. The molecule has 0 heterocycles. The van der Waals surface area contributed by atoms with Crippen molar-refractivity contribution in [3.05, 3.63) is 139 Å². The van der Waals surface area contributed by atoms with Crippen molar-refractivity contribution < 1.29 is 32.7 Å². The van der Waals surface area contributed by atoms with Gasteiger partial charge in [-0.25, -0.2) is 18.1 Å². The van der Waals surface area contributed by atoms with Crippen LogP contribution in [0, 0.1) is 33.1 Å². The average molecular weight is 643 g/mol. The third-order valence-corrected chi connectivity index (χ3v) is 8.32. The molecule has 1 atom stereocenters. The maximum absolute atomic E-state index is 2.32. The van der Waals surface area contributed by atoms with Gasteiger partial charge in [-0.1, -0.05) is 126 Å². The number of hydrogen-bond acceptors (Lipinski definition) is 0. The summed E-state index contributed by atoms with van der Waals surface area (Å²) in [6.07, 6.45) is 16.1. The van der Waals surface area contributed by atoms with Gasteiger partial charge in [-0.05, 0) is 73.6 Å². The molecule has 0 spiro atoms. The van der Waals surface area contributed by atoms with Gasteiger partial charge in [0.15, 0.2) is 0 Å². The van der Waals surface area contributed by atoms with Gasteiger partial charge in [0, 0.05) is 11.8 Å². The van der Waals surface area contributed by atoms with Crippen molar-refractivity contribution in [3.8, 4) is 0 Å². The molecule has 0 saturated heterocycles. The van der Waals surface area contributed by atoms with Crippen LogP contribution >= 0.6 is 0 Å². The van der Waals surface area contributed by atoms with Gasteiger partial charge in [0.1, 0.15) is 0 Å². The first-order chi connectivity index (χ1) is 18.9. The Morgan fingerprint density at radius 1 is 0.619 bits per heavy atom. The number of rotatable bonds is 3. The normalized spacial score (nSPS) is 18.5. The van der Waals surface area contributed by atoms with Gasteiger partial charge in [0.05, 0.1) is 0 Å². The fourth-order valence-electron chi connectivity index (χ4n) is 5.90. The summed E-state index contributed by atoms with van der Waals surface area (Å²) in [6, 6.07) is 18.0. The van der Waals surface area contributed by atoms with Crippen LogP contribution in [0.3, 0.4) is 0 Å². The van der Waals surface area contributed by atoms with Gasteiger partial charge < -0.3 is 14.9 Å². The van der Waals surface area contributed by atoms with E-state index in [-0.39, 0.29) is 47.6 Å². The smallest absolute Gasteiger partial charge is 0.358 e. The largest absolute Gasteiger partial charge is 3.00 e. The molecule has 5 aliphatic rings. The van der Waals surface area contributed by atoms with Gasteiger partial charge >= 0.3 is 32.7 Å². The van der Waals surface area contributed by atoms with Crippen molar-refractivity contribution in [2.45, 2.75) is 107 Å². The molecule has 0 aromatic heterocycles. The number of fused-ring (bicyclic) bond motifs is 1. The molecule has 2 aromatic carbocycles. The molecule has 0 saturated carbocycles. The Balaban J connectivity index is 0. The van der Waals surface area contributed by atoms with Gasteiger partial charge in [-0.15, -0.1) is 13.0 Å². The van der Waals surface area contributed by atoms with E-state index in [9.17, 15) is 0 Å². The standard InChI is InChI=1S/C16H14.C11H18.C8H11.2C2H6.2CH3.Y/c1-2-6-12-11(5-1)15-9-10-16(12)14-8-4-3-7-13(14)15;1-8(2)10(4)11-6-5-9(3)7-11;1-3-8-5-4-7(2)6-8;2*1-2;;;/h1-8,15-16H,9-10H2;5-6,8,10H,7H2,1-4H3;3-5H,6H2,1-2H3;2*1-2H3;2*1H3;/q;;-1;;;2*-1;+3. The van der Waals surface area contributed by atoms with Crippen LogP contribution in [-0.2, 0) is 32.7 Å². The summed E-state index contributed by atoms with van der Waals surface area (Å²) >= 11 is 0. The number of hydrogen-bond donors (Lipinski definition) is 0. The zero-order valence-corrected chi connectivity index (χ0v) is 32.1. The van der Waals surface area contributed by atoms with Crippen LogP contribution in [-0.4, -0.2) is 0 Å². The second kappa shape index (κ2) is 22.0. The van der Waals surface area contributed by atoms with Crippen molar-refractivity contribution >= 4 is 0 Å². The fraction of sp³-hybridized carbons (Fsp3) is 0.439. The molecule has 0 radical (unpaired) electrons. The fourth-order valence-corrected chi connectivity index (χ4v) is 5.90. The monoisotopic (exact) mass is 642 g/mol. The van der Waals surface area contributed by atoms with Crippen LogP contribution in [0.1, 0.15) is 129 Å². The van der Waals surface area contributed by atoms with E-state index in [4.69, 9.17) is 0 Å². The maximum Gasteiger partial charge on any atom is 3.00 e. The first-order valence-corrected chi connectivity index (χ1v) is 15.6. The molecule has 0 amide bonds. The minimum absolute atomic E-state index is 0. The summed E-state index contributed by atoms with van der Waals surface area (Å²) < 4.78 is 0. The van der Waals surface area contributed by atoms with E-state index >= 15 is 0 Å². The maximum atomic E-state index is 2.32. The Morgan fingerprint density at radius 2 is 1.00 bits per heavy atom. The van der Waals surface area contributed by atoms with E-state index in [1.165, 1.54) is 36.0 Å². The summed E-state index contributed by atoms with van der Waals surface area (Å²) in [6.45, 7) is 21.4. The van der Waals surface area contributed by atoms with E-state index in [0.717, 1.165) is 18.3 Å². The summed E-state index contributed by atoms with van der Waals surface area (Å²) in [4.78, 5) is 0. The van der Waals surface area contributed by atoms with Gasteiger partial charge in [-0.3, -0.25) is 0 Å². The Hall–Kier alpha value is -1.63. The van der Waals surface area contributed by atoms with Crippen LogP contribution in [0.4, 0.5) is 0 Å². The molecule has 0 aliphatic heterocycles. The average Bonchev–Trinajstić information content (AvgIpc) is 3.63. The third kappa shape index (κ3) is 11.1.